The Morgan fingerprint density at radius 2 is 2.06 bits per heavy atom. The standard InChI is InChI=1S/C15H20O2/c1-15(2)9-14(10-16)13(11-17-15)8-12-6-4-3-5-7-12/h3-7,10,13-14H,8-9,11H2,1-2H3. The zero-order chi connectivity index (χ0) is 12.3. The number of carbonyl (C=O) groups excluding carboxylic acids is 1. The highest BCUT2D eigenvalue weighted by Gasteiger charge is 2.35. The fourth-order valence-corrected chi connectivity index (χ4v) is 2.54. The first-order valence-corrected chi connectivity index (χ1v) is 6.24. The van der Waals surface area contributed by atoms with Crippen LogP contribution < -0.4 is 0 Å². The molecule has 92 valence electrons. The topological polar surface area (TPSA) is 26.3 Å². The molecule has 1 heterocycles. The molecular formula is C15H20O2. The molecule has 0 bridgehead atoms. The average Bonchev–Trinajstić information content (AvgIpc) is 2.32. The van der Waals surface area contributed by atoms with E-state index in [9.17, 15) is 4.79 Å². The summed E-state index contributed by atoms with van der Waals surface area (Å²) in [6, 6.07) is 10.3. The molecule has 0 aromatic heterocycles. The molecule has 1 fully saturated rings. The highest BCUT2D eigenvalue weighted by Crippen LogP contribution is 2.33. The molecule has 1 aliphatic heterocycles. The summed E-state index contributed by atoms with van der Waals surface area (Å²) in [5, 5.41) is 0. The van der Waals surface area contributed by atoms with E-state index in [1.54, 1.807) is 0 Å². The second kappa shape index (κ2) is 5.01. The maximum Gasteiger partial charge on any atom is 0.123 e. The summed E-state index contributed by atoms with van der Waals surface area (Å²) >= 11 is 0. The molecule has 2 nitrogen and oxygen atoms in total. The first-order chi connectivity index (χ1) is 8.11. The van der Waals surface area contributed by atoms with Gasteiger partial charge in [-0.3, -0.25) is 0 Å². The van der Waals surface area contributed by atoms with Crippen LogP contribution in [0, 0.1) is 11.8 Å². The van der Waals surface area contributed by atoms with E-state index < -0.39 is 0 Å². The summed E-state index contributed by atoms with van der Waals surface area (Å²) in [6.45, 7) is 4.80. The summed E-state index contributed by atoms with van der Waals surface area (Å²) in [7, 11) is 0. The lowest BCUT2D eigenvalue weighted by Gasteiger charge is -2.38. The van der Waals surface area contributed by atoms with Crippen molar-refractivity contribution in [3.63, 3.8) is 0 Å². The van der Waals surface area contributed by atoms with Crippen LogP contribution in [0.25, 0.3) is 0 Å². The van der Waals surface area contributed by atoms with Crippen LogP contribution >= 0.6 is 0 Å². The molecule has 2 heteroatoms. The Kier molecular flexibility index (Phi) is 3.63. The van der Waals surface area contributed by atoms with Crippen LogP contribution in [0.1, 0.15) is 25.8 Å². The maximum atomic E-state index is 11.2. The van der Waals surface area contributed by atoms with Gasteiger partial charge in [-0.2, -0.15) is 0 Å². The van der Waals surface area contributed by atoms with E-state index >= 15 is 0 Å². The van der Waals surface area contributed by atoms with Gasteiger partial charge in [-0.25, -0.2) is 0 Å². The monoisotopic (exact) mass is 232 g/mol. The fourth-order valence-electron chi connectivity index (χ4n) is 2.54. The molecule has 1 saturated heterocycles. The van der Waals surface area contributed by atoms with Crippen LogP contribution in [0.2, 0.25) is 0 Å². The first-order valence-electron chi connectivity index (χ1n) is 6.24. The molecule has 17 heavy (non-hydrogen) atoms. The third-order valence-electron chi connectivity index (χ3n) is 3.54. The predicted molar refractivity (Wildman–Crippen MR) is 67.8 cm³/mol. The number of hydrogen-bond acceptors (Lipinski definition) is 2. The van der Waals surface area contributed by atoms with E-state index in [-0.39, 0.29) is 11.5 Å². The molecule has 1 aromatic rings. The summed E-state index contributed by atoms with van der Waals surface area (Å²) in [4.78, 5) is 11.2. The average molecular weight is 232 g/mol. The van der Waals surface area contributed by atoms with E-state index in [2.05, 4.69) is 26.0 Å². The van der Waals surface area contributed by atoms with Gasteiger partial charge in [-0.1, -0.05) is 30.3 Å². The SMILES string of the molecule is CC1(C)CC(C=O)C(Cc2ccccc2)CO1. The minimum absolute atomic E-state index is 0.124. The van der Waals surface area contributed by atoms with E-state index in [1.807, 2.05) is 18.2 Å². The Balaban J connectivity index is 2.04. The zero-order valence-corrected chi connectivity index (χ0v) is 10.6. The summed E-state index contributed by atoms with van der Waals surface area (Å²) in [6.07, 6.45) is 2.87. The number of rotatable bonds is 3. The molecule has 1 aromatic carbocycles. The van der Waals surface area contributed by atoms with E-state index in [4.69, 9.17) is 4.74 Å². The van der Waals surface area contributed by atoms with Crippen molar-refractivity contribution in [3.8, 4) is 0 Å². The molecule has 1 aliphatic rings. The van der Waals surface area contributed by atoms with Gasteiger partial charge in [0.25, 0.3) is 0 Å². The number of aldehydes is 1. The Bertz CT molecular complexity index is 370. The predicted octanol–water partition coefficient (Wildman–Crippen LogP) is 2.86. The fraction of sp³-hybridized carbons (Fsp3) is 0.533. The van der Waals surface area contributed by atoms with Gasteiger partial charge in [-0.15, -0.1) is 0 Å². The summed E-state index contributed by atoms with van der Waals surface area (Å²) < 4.78 is 5.82. The molecule has 0 aliphatic carbocycles. The number of carbonyl (C=O) groups is 1. The van der Waals surface area contributed by atoms with Gasteiger partial charge in [0, 0.05) is 5.92 Å². The smallest absolute Gasteiger partial charge is 0.123 e. The van der Waals surface area contributed by atoms with Crippen molar-refractivity contribution in [1.29, 1.82) is 0 Å². The lowest BCUT2D eigenvalue weighted by atomic mass is 9.79. The number of benzene rings is 1. The Morgan fingerprint density at radius 3 is 2.71 bits per heavy atom. The van der Waals surface area contributed by atoms with Crippen LogP contribution in [0.5, 0.6) is 0 Å². The maximum absolute atomic E-state index is 11.2. The van der Waals surface area contributed by atoms with Gasteiger partial charge in [0.05, 0.1) is 12.2 Å². The van der Waals surface area contributed by atoms with Crippen molar-refractivity contribution in [3.05, 3.63) is 35.9 Å². The minimum Gasteiger partial charge on any atom is -0.375 e. The van der Waals surface area contributed by atoms with E-state index in [0.29, 0.717) is 12.5 Å². The number of hydrogen-bond donors (Lipinski definition) is 0. The third kappa shape index (κ3) is 3.16. The molecule has 0 N–H and O–H groups in total. The lowest BCUT2D eigenvalue weighted by molar-refractivity contribution is -0.131. The van der Waals surface area contributed by atoms with E-state index in [0.717, 1.165) is 19.1 Å². The Morgan fingerprint density at radius 1 is 1.35 bits per heavy atom. The van der Waals surface area contributed by atoms with Crippen molar-refractivity contribution in [2.75, 3.05) is 6.61 Å². The van der Waals surface area contributed by atoms with Crippen molar-refractivity contribution >= 4 is 6.29 Å². The Hall–Kier alpha value is -1.15. The highest BCUT2D eigenvalue weighted by atomic mass is 16.5. The molecule has 0 radical (unpaired) electrons. The van der Waals surface area contributed by atoms with Gasteiger partial charge in [0.15, 0.2) is 0 Å². The van der Waals surface area contributed by atoms with Crippen LogP contribution in [0.3, 0.4) is 0 Å². The van der Waals surface area contributed by atoms with Gasteiger partial charge in [0.2, 0.25) is 0 Å². The number of ether oxygens (including phenoxy) is 1. The van der Waals surface area contributed by atoms with Crippen LogP contribution in [-0.2, 0) is 16.0 Å². The minimum atomic E-state index is -0.154. The molecule has 2 unspecified atom stereocenters. The van der Waals surface area contributed by atoms with Crippen molar-refractivity contribution in [2.45, 2.75) is 32.3 Å². The lowest BCUT2D eigenvalue weighted by Crippen LogP contribution is -2.41. The van der Waals surface area contributed by atoms with Crippen molar-refractivity contribution in [1.82, 2.24) is 0 Å². The second-order valence-corrected chi connectivity index (χ2v) is 5.52. The summed E-state index contributed by atoms with van der Waals surface area (Å²) in [5.74, 6) is 0.446. The highest BCUT2D eigenvalue weighted by molar-refractivity contribution is 5.54. The van der Waals surface area contributed by atoms with Crippen LogP contribution in [-0.4, -0.2) is 18.5 Å². The van der Waals surface area contributed by atoms with Crippen molar-refractivity contribution in [2.24, 2.45) is 11.8 Å². The van der Waals surface area contributed by atoms with Crippen LogP contribution in [0.15, 0.2) is 30.3 Å². The molecule has 0 amide bonds. The summed E-state index contributed by atoms with van der Waals surface area (Å²) in [5.41, 5.74) is 1.13. The van der Waals surface area contributed by atoms with Gasteiger partial charge < -0.3 is 9.53 Å². The van der Waals surface area contributed by atoms with Crippen molar-refractivity contribution < 1.29 is 9.53 Å². The van der Waals surface area contributed by atoms with Crippen LogP contribution in [0.4, 0.5) is 0 Å². The largest absolute Gasteiger partial charge is 0.375 e. The third-order valence-corrected chi connectivity index (χ3v) is 3.54. The molecule has 2 atom stereocenters. The Labute approximate surface area is 103 Å². The normalized spacial score (nSPS) is 27.6. The zero-order valence-electron chi connectivity index (χ0n) is 10.6. The van der Waals surface area contributed by atoms with E-state index in [1.165, 1.54) is 5.56 Å². The van der Waals surface area contributed by atoms with Gasteiger partial charge >= 0.3 is 0 Å². The molecule has 2 rings (SSSR count). The second-order valence-electron chi connectivity index (χ2n) is 5.52. The molecule has 0 saturated carbocycles. The molecule has 0 spiro atoms. The quantitative estimate of drug-likeness (QED) is 0.749. The van der Waals surface area contributed by atoms with Gasteiger partial charge in [-0.05, 0) is 38.2 Å². The first kappa shape index (κ1) is 12.3. The molecular weight excluding hydrogens is 212 g/mol. The van der Waals surface area contributed by atoms with Gasteiger partial charge in [0.1, 0.15) is 6.29 Å².